The molecule has 0 amide bonds. The van der Waals surface area contributed by atoms with Crippen LogP contribution in [-0.4, -0.2) is 11.5 Å². The van der Waals surface area contributed by atoms with Crippen LogP contribution in [0.2, 0.25) is 0 Å². The maximum absolute atomic E-state index is 6.44. The van der Waals surface area contributed by atoms with E-state index in [9.17, 15) is 0 Å². The van der Waals surface area contributed by atoms with E-state index in [1.54, 1.807) is 0 Å². The van der Waals surface area contributed by atoms with Crippen molar-refractivity contribution in [3.63, 3.8) is 0 Å². The minimum Gasteiger partial charge on any atom is -0.326 e. The summed E-state index contributed by atoms with van der Waals surface area (Å²) in [4.78, 5) is 7.00. The van der Waals surface area contributed by atoms with Crippen molar-refractivity contribution in [1.29, 1.82) is 0 Å². The van der Waals surface area contributed by atoms with Gasteiger partial charge in [-0.2, -0.15) is 0 Å². The first-order chi connectivity index (χ1) is 11.7. The number of pyridine rings is 1. The molecule has 0 fully saturated rings. The Morgan fingerprint density at radius 3 is 2.58 bits per heavy atom. The molecule has 0 bridgehead atoms. The van der Waals surface area contributed by atoms with Crippen molar-refractivity contribution >= 4 is 11.5 Å². The SMILES string of the molecule is Cc1cc(N2CCc3ccccc32)ncc1[C@@H](N)c1ccccc1. The van der Waals surface area contributed by atoms with Gasteiger partial charge < -0.3 is 10.6 Å². The molecule has 0 unspecified atom stereocenters. The molecular formula is C21H21N3. The molecule has 0 aliphatic carbocycles. The molecule has 0 saturated carbocycles. The summed E-state index contributed by atoms with van der Waals surface area (Å²) in [5.74, 6) is 1.00. The number of anilines is 2. The summed E-state index contributed by atoms with van der Waals surface area (Å²) in [5.41, 5.74) is 12.5. The summed E-state index contributed by atoms with van der Waals surface area (Å²) in [6, 6.07) is 20.7. The molecule has 1 aliphatic heterocycles. The second-order valence-corrected chi connectivity index (χ2v) is 6.32. The fourth-order valence-electron chi connectivity index (χ4n) is 3.44. The number of hydrogen-bond acceptors (Lipinski definition) is 3. The standard InChI is InChI=1S/C21H21N3/c1-15-13-20(24-12-11-16-7-5-6-10-19(16)24)23-14-18(15)21(22)17-8-3-2-4-9-17/h2-10,13-14,21H,11-12,22H2,1H3/t21-/m0/s1. The number of hydrogen-bond donors (Lipinski definition) is 1. The summed E-state index contributed by atoms with van der Waals surface area (Å²) in [5, 5.41) is 0. The van der Waals surface area contributed by atoms with Gasteiger partial charge in [-0.3, -0.25) is 0 Å². The van der Waals surface area contributed by atoms with Gasteiger partial charge in [-0.15, -0.1) is 0 Å². The van der Waals surface area contributed by atoms with Crippen molar-refractivity contribution in [1.82, 2.24) is 4.98 Å². The number of rotatable bonds is 3. The molecule has 0 radical (unpaired) electrons. The summed E-state index contributed by atoms with van der Waals surface area (Å²) in [6.45, 7) is 3.10. The zero-order chi connectivity index (χ0) is 16.5. The van der Waals surface area contributed by atoms with Crippen LogP contribution in [0.4, 0.5) is 11.5 Å². The molecule has 3 heteroatoms. The summed E-state index contributed by atoms with van der Waals surface area (Å²) >= 11 is 0. The molecule has 1 atom stereocenters. The number of fused-ring (bicyclic) bond motifs is 1. The number of aryl methyl sites for hydroxylation is 1. The molecule has 4 rings (SSSR count). The summed E-state index contributed by atoms with van der Waals surface area (Å²) in [7, 11) is 0. The van der Waals surface area contributed by atoms with Crippen LogP contribution in [0.3, 0.4) is 0 Å². The second-order valence-electron chi connectivity index (χ2n) is 6.32. The van der Waals surface area contributed by atoms with Gasteiger partial charge in [0.1, 0.15) is 5.82 Å². The van der Waals surface area contributed by atoms with Crippen LogP contribution in [0.1, 0.15) is 28.3 Å². The molecule has 1 aromatic heterocycles. The third-order valence-electron chi connectivity index (χ3n) is 4.79. The smallest absolute Gasteiger partial charge is 0.133 e. The Morgan fingerprint density at radius 1 is 1.04 bits per heavy atom. The monoisotopic (exact) mass is 315 g/mol. The number of nitrogens with zero attached hydrogens (tertiary/aromatic N) is 2. The topological polar surface area (TPSA) is 42.2 Å². The Hall–Kier alpha value is -2.65. The van der Waals surface area contributed by atoms with E-state index in [-0.39, 0.29) is 6.04 Å². The molecule has 2 heterocycles. The highest BCUT2D eigenvalue weighted by Crippen LogP contribution is 2.34. The number of para-hydroxylation sites is 1. The van der Waals surface area contributed by atoms with E-state index >= 15 is 0 Å². The van der Waals surface area contributed by atoms with Crippen molar-refractivity contribution in [3.05, 3.63) is 89.1 Å². The molecule has 3 aromatic rings. The predicted molar refractivity (Wildman–Crippen MR) is 98.6 cm³/mol. The van der Waals surface area contributed by atoms with Crippen LogP contribution in [0.15, 0.2) is 66.9 Å². The Kier molecular flexibility index (Phi) is 3.79. The van der Waals surface area contributed by atoms with E-state index in [2.05, 4.69) is 54.3 Å². The van der Waals surface area contributed by atoms with Crippen LogP contribution >= 0.6 is 0 Å². The van der Waals surface area contributed by atoms with Gasteiger partial charge >= 0.3 is 0 Å². The van der Waals surface area contributed by atoms with Crippen molar-refractivity contribution in [2.24, 2.45) is 5.73 Å². The fourth-order valence-corrected chi connectivity index (χ4v) is 3.44. The molecule has 2 aromatic carbocycles. The molecule has 0 spiro atoms. The first kappa shape index (κ1) is 14.9. The predicted octanol–water partition coefficient (Wildman–Crippen LogP) is 4.13. The lowest BCUT2D eigenvalue weighted by atomic mass is 9.97. The fraction of sp³-hybridized carbons (Fsp3) is 0.190. The summed E-state index contributed by atoms with van der Waals surface area (Å²) in [6.07, 6.45) is 3.01. The van der Waals surface area contributed by atoms with Crippen LogP contribution in [0.5, 0.6) is 0 Å². The molecule has 1 aliphatic rings. The second kappa shape index (κ2) is 6.10. The first-order valence-corrected chi connectivity index (χ1v) is 8.36. The Balaban J connectivity index is 1.66. The van der Waals surface area contributed by atoms with E-state index in [0.717, 1.165) is 29.9 Å². The highest BCUT2D eigenvalue weighted by Gasteiger charge is 2.21. The van der Waals surface area contributed by atoms with Crippen molar-refractivity contribution in [3.8, 4) is 0 Å². The van der Waals surface area contributed by atoms with E-state index in [1.165, 1.54) is 16.8 Å². The molecule has 0 saturated heterocycles. The quantitative estimate of drug-likeness (QED) is 0.790. The Bertz CT molecular complexity index is 858. The van der Waals surface area contributed by atoms with Crippen molar-refractivity contribution in [2.45, 2.75) is 19.4 Å². The third-order valence-corrected chi connectivity index (χ3v) is 4.79. The van der Waals surface area contributed by atoms with E-state index < -0.39 is 0 Å². The van der Waals surface area contributed by atoms with Crippen LogP contribution in [0.25, 0.3) is 0 Å². The maximum atomic E-state index is 6.44. The van der Waals surface area contributed by atoms with Gasteiger partial charge in [0.15, 0.2) is 0 Å². The lowest BCUT2D eigenvalue weighted by Crippen LogP contribution is -2.17. The van der Waals surface area contributed by atoms with Gasteiger partial charge in [-0.1, -0.05) is 48.5 Å². The minimum atomic E-state index is -0.140. The molecule has 120 valence electrons. The lowest BCUT2D eigenvalue weighted by Gasteiger charge is -2.21. The van der Waals surface area contributed by atoms with Crippen LogP contribution < -0.4 is 10.6 Å². The van der Waals surface area contributed by atoms with Gasteiger partial charge in [0.2, 0.25) is 0 Å². The summed E-state index contributed by atoms with van der Waals surface area (Å²) < 4.78 is 0. The van der Waals surface area contributed by atoms with Gasteiger partial charge in [-0.25, -0.2) is 4.98 Å². The van der Waals surface area contributed by atoms with Gasteiger partial charge in [-0.05, 0) is 47.7 Å². The normalized spacial score (nSPS) is 14.5. The Labute approximate surface area is 142 Å². The average Bonchev–Trinajstić information content (AvgIpc) is 3.06. The van der Waals surface area contributed by atoms with Crippen molar-refractivity contribution < 1.29 is 0 Å². The molecule has 3 nitrogen and oxygen atoms in total. The molecular weight excluding hydrogens is 294 g/mol. The van der Waals surface area contributed by atoms with E-state index in [0.29, 0.717) is 0 Å². The Morgan fingerprint density at radius 2 is 1.79 bits per heavy atom. The average molecular weight is 315 g/mol. The van der Waals surface area contributed by atoms with Gasteiger partial charge in [0.25, 0.3) is 0 Å². The highest BCUT2D eigenvalue weighted by molar-refractivity contribution is 5.68. The maximum Gasteiger partial charge on any atom is 0.133 e. The first-order valence-electron chi connectivity index (χ1n) is 8.36. The van der Waals surface area contributed by atoms with Gasteiger partial charge in [0.05, 0.1) is 6.04 Å². The zero-order valence-electron chi connectivity index (χ0n) is 13.8. The van der Waals surface area contributed by atoms with Gasteiger partial charge in [0, 0.05) is 18.4 Å². The van der Waals surface area contributed by atoms with Crippen LogP contribution in [-0.2, 0) is 6.42 Å². The van der Waals surface area contributed by atoms with E-state index in [1.807, 2.05) is 24.4 Å². The molecule has 2 N–H and O–H groups in total. The third kappa shape index (κ3) is 2.57. The van der Waals surface area contributed by atoms with Crippen molar-refractivity contribution in [2.75, 3.05) is 11.4 Å². The number of aromatic nitrogens is 1. The van der Waals surface area contributed by atoms with E-state index in [4.69, 9.17) is 10.7 Å². The number of benzene rings is 2. The largest absolute Gasteiger partial charge is 0.326 e. The van der Waals surface area contributed by atoms with Crippen LogP contribution in [0, 0.1) is 6.92 Å². The lowest BCUT2D eigenvalue weighted by molar-refractivity contribution is 0.849. The zero-order valence-corrected chi connectivity index (χ0v) is 13.8. The molecule has 24 heavy (non-hydrogen) atoms. The minimum absolute atomic E-state index is 0.140. The highest BCUT2D eigenvalue weighted by atomic mass is 15.2. The number of nitrogens with two attached hydrogens (primary N) is 1.